The summed E-state index contributed by atoms with van der Waals surface area (Å²) < 4.78 is 11.4. The fourth-order valence-corrected chi connectivity index (χ4v) is 3.76. The van der Waals surface area contributed by atoms with Gasteiger partial charge in [0, 0.05) is 13.5 Å². The molecule has 0 amide bonds. The van der Waals surface area contributed by atoms with Gasteiger partial charge in [0.15, 0.2) is 0 Å². The number of carboxylic acids is 1. The van der Waals surface area contributed by atoms with E-state index < -0.39 is 17.5 Å². The number of allylic oxidation sites excluding steroid dienone is 3. The molecule has 2 bridgehead atoms. The standard InChI is InChI=1S/C19H28O5/c1-12(2)6-5-7-13(3)8-17-19(11-18(21)22)10-15(24-17)14(23-4)9-16(19)20/h6,8,14-15,17H,5,7,9-11H2,1-4H3,(H,21,22)/b13-8+/t14-,15-,17+,19-/m0/s1. The van der Waals surface area contributed by atoms with Gasteiger partial charge < -0.3 is 14.6 Å². The topological polar surface area (TPSA) is 72.8 Å². The molecule has 1 heterocycles. The van der Waals surface area contributed by atoms with E-state index in [0.29, 0.717) is 6.42 Å². The second-order valence-electron chi connectivity index (χ2n) is 7.26. The highest BCUT2D eigenvalue weighted by Gasteiger charge is 2.59. The number of fused-ring (bicyclic) bond motifs is 2. The van der Waals surface area contributed by atoms with Crippen molar-refractivity contribution in [3.8, 4) is 0 Å². The lowest BCUT2D eigenvalue weighted by molar-refractivity contribution is -0.147. The van der Waals surface area contributed by atoms with E-state index in [4.69, 9.17) is 9.47 Å². The summed E-state index contributed by atoms with van der Waals surface area (Å²) in [6, 6.07) is 0. The van der Waals surface area contributed by atoms with E-state index in [0.717, 1.165) is 18.4 Å². The van der Waals surface area contributed by atoms with Gasteiger partial charge in [-0.3, -0.25) is 9.59 Å². The SMILES string of the molecule is CO[C@H]1CC(=O)[C@@]2(CC(=O)O)C[C@@H]1O[C@@H]2/C=C(\C)CCC=C(C)C. The maximum Gasteiger partial charge on any atom is 0.304 e. The molecule has 1 saturated heterocycles. The molecule has 5 nitrogen and oxygen atoms in total. The van der Waals surface area contributed by atoms with Crippen LogP contribution in [0.3, 0.4) is 0 Å². The zero-order valence-corrected chi connectivity index (χ0v) is 15.0. The van der Waals surface area contributed by atoms with Crippen molar-refractivity contribution < 1.29 is 24.2 Å². The Labute approximate surface area is 143 Å². The third kappa shape index (κ3) is 3.95. The maximum atomic E-state index is 12.7. The number of ether oxygens (including phenoxy) is 2. The van der Waals surface area contributed by atoms with Gasteiger partial charge in [0.2, 0.25) is 0 Å². The van der Waals surface area contributed by atoms with Crippen LogP contribution >= 0.6 is 0 Å². The minimum absolute atomic E-state index is 0.0520. The monoisotopic (exact) mass is 336 g/mol. The summed E-state index contributed by atoms with van der Waals surface area (Å²) in [5, 5.41) is 9.31. The second kappa shape index (κ2) is 7.62. The Morgan fingerprint density at radius 3 is 2.71 bits per heavy atom. The van der Waals surface area contributed by atoms with Crippen LogP contribution in [0.5, 0.6) is 0 Å². The molecule has 2 rings (SSSR count). The molecule has 0 spiro atoms. The van der Waals surface area contributed by atoms with Gasteiger partial charge in [0.1, 0.15) is 5.78 Å². The minimum atomic E-state index is -0.955. The number of ketones is 1. The summed E-state index contributed by atoms with van der Waals surface area (Å²) >= 11 is 0. The van der Waals surface area contributed by atoms with Crippen molar-refractivity contribution in [2.24, 2.45) is 5.41 Å². The molecular formula is C19H28O5. The third-order valence-corrected chi connectivity index (χ3v) is 5.08. The quantitative estimate of drug-likeness (QED) is 0.722. The first-order valence-corrected chi connectivity index (χ1v) is 8.52. The molecule has 5 heteroatoms. The highest BCUT2D eigenvalue weighted by molar-refractivity contribution is 5.91. The average Bonchev–Trinajstić information content (AvgIpc) is 2.78. The molecule has 1 saturated carbocycles. The van der Waals surface area contributed by atoms with Gasteiger partial charge in [0.25, 0.3) is 0 Å². The first kappa shape index (κ1) is 18.9. The van der Waals surface area contributed by atoms with Gasteiger partial charge in [-0.15, -0.1) is 0 Å². The van der Waals surface area contributed by atoms with E-state index in [1.165, 1.54) is 5.57 Å². The number of carboxylic acid groups (broad SMARTS) is 1. The molecule has 0 radical (unpaired) electrons. The summed E-state index contributed by atoms with van der Waals surface area (Å²) in [4.78, 5) is 24.1. The Balaban J connectivity index is 2.22. The maximum absolute atomic E-state index is 12.7. The molecule has 4 atom stereocenters. The Morgan fingerprint density at radius 1 is 1.42 bits per heavy atom. The number of Topliss-reactive ketones (excluding diaryl/α,β-unsaturated/α-hetero) is 1. The smallest absolute Gasteiger partial charge is 0.304 e. The summed E-state index contributed by atoms with van der Waals surface area (Å²) in [6.45, 7) is 6.14. The number of hydrogen-bond donors (Lipinski definition) is 1. The van der Waals surface area contributed by atoms with Crippen molar-refractivity contribution in [3.63, 3.8) is 0 Å². The van der Waals surface area contributed by atoms with Crippen LogP contribution in [0, 0.1) is 5.41 Å². The number of aliphatic carboxylic acids is 1. The lowest BCUT2D eigenvalue weighted by Crippen LogP contribution is -2.45. The fourth-order valence-electron chi connectivity index (χ4n) is 3.76. The summed E-state index contributed by atoms with van der Waals surface area (Å²) in [5.41, 5.74) is 1.45. The minimum Gasteiger partial charge on any atom is -0.481 e. The van der Waals surface area contributed by atoms with Crippen molar-refractivity contribution in [1.29, 1.82) is 0 Å². The molecule has 2 aliphatic rings. The van der Waals surface area contributed by atoms with Gasteiger partial charge in [-0.1, -0.05) is 23.3 Å². The fraction of sp³-hybridized carbons (Fsp3) is 0.684. The van der Waals surface area contributed by atoms with Crippen LogP contribution in [0.4, 0.5) is 0 Å². The molecular weight excluding hydrogens is 308 g/mol. The van der Waals surface area contributed by atoms with Crippen molar-refractivity contribution in [2.45, 2.75) is 71.2 Å². The second-order valence-corrected chi connectivity index (χ2v) is 7.26. The van der Waals surface area contributed by atoms with Crippen LogP contribution in [-0.2, 0) is 19.1 Å². The summed E-state index contributed by atoms with van der Waals surface area (Å²) in [6.07, 6.45) is 5.46. The number of carbonyl (C=O) groups excluding carboxylic acids is 1. The number of hydrogen-bond acceptors (Lipinski definition) is 4. The molecule has 134 valence electrons. The molecule has 0 aromatic carbocycles. The Hall–Kier alpha value is -1.46. The largest absolute Gasteiger partial charge is 0.481 e. The van der Waals surface area contributed by atoms with Crippen LogP contribution in [0.2, 0.25) is 0 Å². The molecule has 1 aliphatic carbocycles. The van der Waals surface area contributed by atoms with Crippen LogP contribution in [0.1, 0.15) is 52.9 Å². The van der Waals surface area contributed by atoms with E-state index in [-0.39, 0.29) is 30.8 Å². The molecule has 0 aromatic rings. The number of rotatable bonds is 7. The van der Waals surface area contributed by atoms with Gasteiger partial charge >= 0.3 is 5.97 Å². The molecule has 1 aliphatic heterocycles. The predicted molar refractivity (Wildman–Crippen MR) is 90.8 cm³/mol. The van der Waals surface area contributed by atoms with E-state index in [2.05, 4.69) is 19.9 Å². The van der Waals surface area contributed by atoms with Crippen LogP contribution in [0.15, 0.2) is 23.3 Å². The van der Waals surface area contributed by atoms with Gasteiger partial charge in [-0.05, 0) is 40.0 Å². The van der Waals surface area contributed by atoms with E-state index in [1.807, 2.05) is 13.0 Å². The van der Waals surface area contributed by atoms with Crippen molar-refractivity contribution in [2.75, 3.05) is 7.11 Å². The van der Waals surface area contributed by atoms with Gasteiger partial charge in [0.05, 0.1) is 30.1 Å². The van der Waals surface area contributed by atoms with Crippen molar-refractivity contribution in [1.82, 2.24) is 0 Å². The number of methoxy groups -OCH3 is 1. The first-order valence-electron chi connectivity index (χ1n) is 8.52. The Kier molecular flexibility index (Phi) is 5.99. The Bertz CT molecular complexity index is 558. The normalized spacial score (nSPS) is 32.8. The van der Waals surface area contributed by atoms with Crippen molar-refractivity contribution in [3.05, 3.63) is 23.3 Å². The Morgan fingerprint density at radius 2 is 2.12 bits per heavy atom. The molecule has 0 unspecified atom stereocenters. The molecule has 1 N–H and O–H groups in total. The predicted octanol–water partition coefficient (Wildman–Crippen LogP) is 3.29. The van der Waals surface area contributed by atoms with Gasteiger partial charge in [-0.2, -0.15) is 0 Å². The van der Waals surface area contributed by atoms with Crippen LogP contribution in [0.25, 0.3) is 0 Å². The van der Waals surface area contributed by atoms with Crippen LogP contribution < -0.4 is 0 Å². The van der Waals surface area contributed by atoms with Crippen molar-refractivity contribution >= 4 is 11.8 Å². The average molecular weight is 336 g/mol. The van der Waals surface area contributed by atoms with Gasteiger partial charge in [-0.25, -0.2) is 0 Å². The molecule has 24 heavy (non-hydrogen) atoms. The highest BCUT2D eigenvalue weighted by atomic mass is 16.5. The first-order chi connectivity index (χ1) is 11.3. The third-order valence-electron chi connectivity index (χ3n) is 5.08. The lowest BCUT2D eigenvalue weighted by atomic mass is 9.67. The molecule has 2 fully saturated rings. The highest BCUT2D eigenvalue weighted by Crippen LogP contribution is 2.50. The summed E-state index contributed by atoms with van der Waals surface area (Å²) in [5.74, 6) is -1.01. The zero-order valence-electron chi connectivity index (χ0n) is 15.0. The van der Waals surface area contributed by atoms with E-state index in [9.17, 15) is 14.7 Å². The van der Waals surface area contributed by atoms with E-state index in [1.54, 1.807) is 7.11 Å². The lowest BCUT2D eigenvalue weighted by Gasteiger charge is -2.33. The van der Waals surface area contributed by atoms with E-state index >= 15 is 0 Å². The molecule has 0 aromatic heterocycles. The van der Waals surface area contributed by atoms with Crippen LogP contribution in [-0.4, -0.2) is 42.3 Å². The number of carbonyl (C=O) groups is 2. The summed E-state index contributed by atoms with van der Waals surface area (Å²) in [7, 11) is 1.57. The zero-order chi connectivity index (χ0) is 17.9.